The molecule has 0 saturated heterocycles. The topological polar surface area (TPSA) is 91.6 Å². The Morgan fingerprint density at radius 3 is 2.81 bits per heavy atom. The van der Waals surface area contributed by atoms with E-state index in [1.807, 2.05) is 4.57 Å². The lowest BCUT2D eigenvalue weighted by atomic mass is 10.2. The molecule has 3 rings (SSSR count). The number of aliphatic carboxylic acids is 1. The molecule has 0 spiro atoms. The zero-order chi connectivity index (χ0) is 14.8. The van der Waals surface area contributed by atoms with Gasteiger partial charge in [0.2, 0.25) is 0 Å². The van der Waals surface area contributed by atoms with Crippen molar-refractivity contribution in [2.75, 3.05) is 13.1 Å². The van der Waals surface area contributed by atoms with Crippen molar-refractivity contribution in [3.8, 4) is 0 Å². The first-order valence-electron chi connectivity index (χ1n) is 7.29. The van der Waals surface area contributed by atoms with E-state index in [9.17, 15) is 9.59 Å². The summed E-state index contributed by atoms with van der Waals surface area (Å²) in [4.78, 5) is 26.9. The third kappa shape index (κ3) is 2.84. The number of aromatic nitrogens is 3. The van der Waals surface area contributed by atoms with Crippen molar-refractivity contribution in [1.29, 1.82) is 0 Å². The molecule has 1 aromatic rings. The summed E-state index contributed by atoms with van der Waals surface area (Å²) >= 11 is 0. The number of carbonyl (C=O) groups is 2. The van der Waals surface area contributed by atoms with Gasteiger partial charge in [-0.2, -0.15) is 0 Å². The maximum atomic E-state index is 12.7. The Morgan fingerprint density at radius 1 is 1.33 bits per heavy atom. The van der Waals surface area contributed by atoms with Crippen molar-refractivity contribution >= 4 is 12.0 Å². The van der Waals surface area contributed by atoms with Crippen molar-refractivity contribution in [2.24, 2.45) is 0 Å². The van der Waals surface area contributed by atoms with Crippen LogP contribution >= 0.6 is 0 Å². The van der Waals surface area contributed by atoms with Crippen molar-refractivity contribution in [3.05, 3.63) is 12.2 Å². The monoisotopic (exact) mass is 293 g/mol. The highest BCUT2D eigenvalue weighted by molar-refractivity contribution is 5.80. The molecule has 0 atom stereocenters. The predicted octanol–water partition coefficient (Wildman–Crippen LogP) is 0.543. The minimum Gasteiger partial charge on any atom is -0.480 e. The molecule has 2 heterocycles. The van der Waals surface area contributed by atoms with Gasteiger partial charge >= 0.3 is 12.0 Å². The van der Waals surface area contributed by atoms with E-state index in [0.29, 0.717) is 19.6 Å². The van der Waals surface area contributed by atoms with Crippen LogP contribution in [0.4, 0.5) is 4.79 Å². The summed E-state index contributed by atoms with van der Waals surface area (Å²) in [5.41, 5.74) is 0. The first-order valence-corrected chi connectivity index (χ1v) is 7.29. The molecule has 2 aliphatic rings. The quantitative estimate of drug-likeness (QED) is 0.878. The Hall–Kier alpha value is -2.12. The van der Waals surface area contributed by atoms with Crippen molar-refractivity contribution in [1.82, 2.24) is 24.6 Å². The minimum atomic E-state index is -0.963. The van der Waals surface area contributed by atoms with Crippen LogP contribution in [0.2, 0.25) is 0 Å². The van der Waals surface area contributed by atoms with Gasteiger partial charge in [0.1, 0.15) is 12.9 Å². The number of carboxylic acid groups (broad SMARTS) is 1. The van der Waals surface area contributed by atoms with E-state index in [0.717, 1.165) is 31.5 Å². The fraction of sp³-hybridized carbons (Fsp3) is 0.692. The number of amides is 2. The maximum Gasteiger partial charge on any atom is 0.323 e. The van der Waals surface area contributed by atoms with E-state index < -0.39 is 5.97 Å². The van der Waals surface area contributed by atoms with E-state index in [4.69, 9.17) is 5.11 Å². The Labute approximate surface area is 122 Å². The van der Waals surface area contributed by atoms with Crippen molar-refractivity contribution < 1.29 is 14.7 Å². The van der Waals surface area contributed by atoms with E-state index >= 15 is 0 Å². The molecule has 0 aromatic carbocycles. The van der Waals surface area contributed by atoms with Crippen LogP contribution in [0.15, 0.2) is 6.33 Å². The number of hydrogen-bond acceptors (Lipinski definition) is 4. The number of rotatable bonds is 3. The lowest BCUT2D eigenvalue weighted by Gasteiger charge is -2.35. The molecule has 21 heavy (non-hydrogen) atoms. The van der Waals surface area contributed by atoms with Crippen LogP contribution in [0.1, 0.15) is 31.5 Å². The Morgan fingerprint density at radius 2 is 2.10 bits per heavy atom. The summed E-state index contributed by atoms with van der Waals surface area (Å²) in [5.74, 6) is -0.216. The number of fused-ring (bicyclic) bond motifs is 1. The van der Waals surface area contributed by atoms with Crippen LogP contribution < -0.4 is 0 Å². The normalized spacial score (nSPS) is 18.6. The van der Waals surface area contributed by atoms with Gasteiger partial charge in [0, 0.05) is 19.1 Å². The van der Waals surface area contributed by atoms with Gasteiger partial charge in [-0.05, 0) is 12.8 Å². The van der Waals surface area contributed by atoms with E-state index in [1.165, 1.54) is 4.90 Å². The fourth-order valence-corrected chi connectivity index (χ4v) is 3.13. The van der Waals surface area contributed by atoms with Crippen LogP contribution in [0.3, 0.4) is 0 Å². The maximum absolute atomic E-state index is 12.7. The van der Waals surface area contributed by atoms with Crippen molar-refractivity contribution in [2.45, 2.75) is 44.8 Å². The summed E-state index contributed by atoms with van der Waals surface area (Å²) in [7, 11) is 0. The average molecular weight is 293 g/mol. The zero-order valence-electron chi connectivity index (χ0n) is 11.8. The molecule has 1 saturated carbocycles. The first kappa shape index (κ1) is 13.8. The van der Waals surface area contributed by atoms with Gasteiger partial charge in [-0.3, -0.25) is 4.79 Å². The summed E-state index contributed by atoms with van der Waals surface area (Å²) in [6.45, 7) is 1.38. The third-order valence-electron chi connectivity index (χ3n) is 4.23. The summed E-state index contributed by atoms with van der Waals surface area (Å²) in [5, 5.41) is 16.9. The van der Waals surface area contributed by atoms with E-state index in [2.05, 4.69) is 10.2 Å². The summed E-state index contributed by atoms with van der Waals surface area (Å²) in [6, 6.07) is -0.146. The Bertz CT molecular complexity index is 538. The second-order valence-electron chi connectivity index (χ2n) is 5.60. The first-order chi connectivity index (χ1) is 10.1. The van der Waals surface area contributed by atoms with Crippen LogP contribution in [0, 0.1) is 0 Å². The van der Waals surface area contributed by atoms with Crippen molar-refractivity contribution in [3.63, 3.8) is 0 Å². The van der Waals surface area contributed by atoms with Gasteiger partial charge in [-0.25, -0.2) is 4.79 Å². The molecule has 1 aliphatic heterocycles. The minimum absolute atomic E-state index is 0.0494. The van der Waals surface area contributed by atoms with Gasteiger partial charge in [-0.1, -0.05) is 12.8 Å². The van der Waals surface area contributed by atoms with Gasteiger partial charge in [0.25, 0.3) is 0 Å². The number of urea groups is 1. The van der Waals surface area contributed by atoms with Crippen LogP contribution in [0.25, 0.3) is 0 Å². The summed E-state index contributed by atoms with van der Waals surface area (Å²) < 4.78 is 1.92. The lowest BCUT2D eigenvalue weighted by molar-refractivity contribution is -0.138. The highest BCUT2D eigenvalue weighted by Gasteiger charge is 2.33. The molecular formula is C13H19N5O3. The molecule has 1 fully saturated rings. The smallest absolute Gasteiger partial charge is 0.323 e. The average Bonchev–Trinajstić information content (AvgIpc) is 3.13. The highest BCUT2D eigenvalue weighted by atomic mass is 16.4. The predicted molar refractivity (Wildman–Crippen MR) is 72.4 cm³/mol. The molecule has 8 nitrogen and oxygen atoms in total. The molecule has 1 aromatic heterocycles. The number of nitrogens with zero attached hydrogens (tertiary/aromatic N) is 5. The molecule has 1 aliphatic carbocycles. The number of carbonyl (C=O) groups excluding carboxylic acids is 1. The van der Waals surface area contributed by atoms with Gasteiger partial charge in [-0.15, -0.1) is 10.2 Å². The summed E-state index contributed by atoms with van der Waals surface area (Å²) in [6.07, 6.45) is 5.56. The van der Waals surface area contributed by atoms with Gasteiger partial charge < -0.3 is 19.5 Å². The molecule has 114 valence electrons. The fourth-order valence-electron chi connectivity index (χ4n) is 3.13. The number of carboxylic acids is 1. The van der Waals surface area contributed by atoms with Gasteiger partial charge in [0.15, 0.2) is 5.82 Å². The largest absolute Gasteiger partial charge is 0.480 e. The molecule has 0 unspecified atom stereocenters. The van der Waals surface area contributed by atoms with Crippen LogP contribution in [-0.4, -0.2) is 60.8 Å². The molecule has 1 N–H and O–H groups in total. The second kappa shape index (κ2) is 5.71. The van der Waals surface area contributed by atoms with Gasteiger partial charge in [0.05, 0.1) is 6.54 Å². The SMILES string of the molecule is O=C(O)CN(C(=O)N1CCn2cnnc2C1)C1CCCC1. The Kier molecular flexibility index (Phi) is 3.76. The molecule has 0 bridgehead atoms. The highest BCUT2D eigenvalue weighted by Crippen LogP contribution is 2.25. The molecule has 8 heteroatoms. The number of hydrogen-bond donors (Lipinski definition) is 1. The molecular weight excluding hydrogens is 274 g/mol. The third-order valence-corrected chi connectivity index (χ3v) is 4.23. The second-order valence-corrected chi connectivity index (χ2v) is 5.60. The Balaban J connectivity index is 1.73. The standard InChI is InChI=1S/C13H19N5O3/c19-12(20)8-18(10-3-1-2-4-10)13(21)16-5-6-17-9-14-15-11(17)7-16/h9-10H,1-8H2,(H,19,20). The van der Waals surface area contributed by atoms with E-state index in [1.54, 1.807) is 11.2 Å². The molecule has 0 radical (unpaired) electrons. The molecule has 2 amide bonds. The van der Waals surface area contributed by atoms with Crippen LogP contribution in [-0.2, 0) is 17.9 Å². The lowest BCUT2D eigenvalue weighted by Crippen LogP contribution is -2.51. The zero-order valence-corrected chi connectivity index (χ0v) is 11.8. The van der Waals surface area contributed by atoms with Crippen LogP contribution in [0.5, 0.6) is 0 Å². The van der Waals surface area contributed by atoms with E-state index in [-0.39, 0.29) is 18.6 Å².